The van der Waals surface area contributed by atoms with Crippen molar-refractivity contribution in [3.63, 3.8) is 0 Å². The fourth-order valence-electron chi connectivity index (χ4n) is 2.75. The zero-order chi connectivity index (χ0) is 23.6. The molecule has 3 aromatic rings. The average molecular weight is 486 g/mol. The van der Waals surface area contributed by atoms with Gasteiger partial charge in [-0.25, -0.2) is 14.2 Å². The third-order valence-electron chi connectivity index (χ3n) is 4.60. The van der Waals surface area contributed by atoms with Gasteiger partial charge in [-0.1, -0.05) is 12.1 Å². The number of ether oxygens (including phenoxy) is 1. The molecule has 2 aromatic carbocycles. The third kappa shape index (κ3) is 5.60. The van der Waals surface area contributed by atoms with Crippen molar-refractivity contribution in [2.24, 2.45) is 0 Å². The number of aryl methyl sites for hydroxylation is 2. The van der Waals surface area contributed by atoms with E-state index in [1.807, 2.05) is 19.1 Å². The van der Waals surface area contributed by atoms with Crippen molar-refractivity contribution >= 4 is 29.1 Å². The predicted octanol–water partition coefficient (Wildman–Crippen LogP) is 6.73. The quantitative estimate of drug-likeness (QED) is 0.297. The smallest absolute Gasteiger partial charge is 0.419 e. The van der Waals surface area contributed by atoms with E-state index in [1.165, 1.54) is 36.1 Å². The molecule has 0 saturated heterocycles. The van der Waals surface area contributed by atoms with Crippen LogP contribution in [-0.2, 0) is 16.7 Å². The van der Waals surface area contributed by atoms with Crippen LogP contribution in [0.3, 0.4) is 0 Å². The number of thioether (sulfide) groups is 1. The van der Waals surface area contributed by atoms with Crippen LogP contribution >= 0.6 is 23.1 Å². The number of rotatable bonds is 7. The molecule has 4 nitrogen and oxygen atoms in total. The summed E-state index contributed by atoms with van der Waals surface area (Å²) in [5.41, 5.74) is 0.498. The topological polar surface area (TPSA) is 59.4 Å². The summed E-state index contributed by atoms with van der Waals surface area (Å²) in [6.07, 6.45) is -5.73. The fraction of sp³-hybridized carbons (Fsp3) is 0.273. The number of alkyl halides is 3. The molecule has 10 heteroatoms. The van der Waals surface area contributed by atoms with Crippen LogP contribution in [0.15, 0.2) is 41.3 Å². The van der Waals surface area contributed by atoms with Gasteiger partial charge in [-0.2, -0.15) is 13.2 Å². The maximum Gasteiger partial charge on any atom is 0.419 e. The number of benzene rings is 2. The number of nitrogens with zero attached hydrogens (tertiary/aromatic N) is 1. The second-order valence-electron chi connectivity index (χ2n) is 7.03. The minimum atomic E-state index is -4.75. The molecule has 1 N–H and O–H groups in total. The van der Waals surface area contributed by atoms with Crippen molar-refractivity contribution in [1.82, 2.24) is 4.98 Å². The SMILES string of the molecule is Cc1ccc(SCc2sc(-c3ccc(C(F)(F)F)c(F)c3)nc2C)cc1OC(C)C(=O)O. The number of halogens is 4. The van der Waals surface area contributed by atoms with Crippen LogP contribution in [0.4, 0.5) is 17.6 Å². The lowest BCUT2D eigenvalue weighted by atomic mass is 10.1. The Balaban J connectivity index is 1.75. The van der Waals surface area contributed by atoms with E-state index in [9.17, 15) is 22.4 Å². The van der Waals surface area contributed by atoms with Gasteiger partial charge in [0.05, 0.1) is 11.3 Å². The average Bonchev–Trinajstić information content (AvgIpc) is 3.08. The van der Waals surface area contributed by atoms with Crippen molar-refractivity contribution < 1.29 is 32.2 Å². The predicted molar refractivity (Wildman–Crippen MR) is 116 cm³/mol. The number of hydrogen-bond acceptors (Lipinski definition) is 5. The lowest BCUT2D eigenvalue weighted by Crippen LogP contribution is -2.23. The number of thiazole rings is 1. The van der Waals surface area contributed by atoms with E-state index in [0.717, 1.165) is 27.5 Å². The molecule has 0 amide bonds. The highest BCUT2D eigenvalue weighted by atomic mass is 32.2. The zero-order valence-electron chi connectivity index (χ0n) is 17.3. The van der Waals surface area contributed by atoms with Crippen molar-refractivity contribution in [3.8, 4) is 16.3 Å². The lowest BCUT2D eigenvalue weighted by molar-refractivity contribution is -0.144. The van der Waals surface area contributed by atoms with E-state index in [0.29, 0.717) is 22.2 Å². The van der Waals surface area contributed by atoms with Crippen LogP contribution < -0.4 is 4.74 Å². The number of carboxylic acid groups (broad SMARTS) is 1. The Morgan fingerprint density at radius 2 is 1.94 bits per heavy atom. The third-order valence-corrected chi connectivity index (χ3v) is 7.00. The van der Waals surface area contributed by atoms with Gasteiger partial charge in [0.1, 0.15) is 16.6 Å². The first kappa shape index (κ1) is 24.1. The molecule has 32 heavy (non-hydrogen) atoms. The molecular formula is C22H19F4NO3S2. The normalized spacial score (nSPS) is 12.6. The molecule has 1 heterocycles. The molecule has 1 unspecified atom stereocenters. The van der Waals surface area contributed by atoms with Gasteiger partial charge in [0.15, 0.2) is 6.10 Å². The van der Waals surface area contributed by atoms with Crippen molar-refractivity contribution in [3.05, 3.63) is 63.9 Å². The highest BCUT2D eigenvalue weighted by molar-refractivity contribution is 7.98. The zero-order valence-corrected chi connectivity index (χ0v) is 18.9. The van der Waals surface area contributed by atoms with Gasteiger partial charge < -0.3 is 9.84 Å². The summed E-state index contributed by atoms with van der Waals surface area (Å²) in [6.45, 7) is 5.06. The van der Waals surface area contributed by atoms with Gasteiger partial charge in [0.25, 0.3) is 0 Å². The molecular weight excluding hydrogens is 466 g/mol. The number of aromatic nitrogens is 1. The Morgan fingerprint density at radius 1 is 1.22 bits per heavy atom. The number of aliphatic carboxylic acids is 1. The highest BCUT2D eigenvalue weighted by Gasteiger charge is 2.34. The van der Waals surface area contributed by atoms with Crippen molar-refractivity contribution in [2.45, 2.75) is 43.7 Å². The molecule has 0 aliphatic rings. The van der Waals surface area contributed by atoms with Crippen molar-refractivity contribution in [2.75, 3.05) is 0 Å². The summed E-state index contributed by atoms with van der Waals surface area (Å²) in [7, 11) is 0. The van der Waals surface area contributed by atoms with E-state index < -0.39 is 29.6 Å². The number of hydrogen-bond donors (Lipinski definition) is 1. The van der Waals surface area contributed by atoms with Crippen LogP contribution in [0.25, 0.3) is 10.6 Å². The van der Waals surface area contributed by atoms with E-state index in [2.05, 4.69) is 4.98 Å². The van der Waals surface area contributed by atoms with Gasteiger partial charge in [-0.05, 0) is 50.6 Å². The molecule has 3 rings (SSSR count). The number of carboxylic acids is 1. The van der Waals surface area contributed by atoms with Crippen LogP contribution in [0.2, 0.25) is 0 Å². The Kier molecular flexibility index (Phi) is 7.14. The molecule has 0 fully saturated rings. The Bertz CT molecular complexity index is 1140. The first-order chi connectivity index (χ1) is 15.0. The maximum atomic E-state index is 13.9. The summed E-state index contributed by atoms with van der Waals surface area (Å²) in [5.74, 6) is -1.38. The monoisotopic (exact) mass is 485 g/mol. The Labute approximate surface area is 190 Å². The van der Waals surface area contributed by atoms with Gasteiger partial charge in [-0.3, -0.25) is 0 Å². The van der Waals surface area contributed by atoms with Gasteiger partial charge >= 0.3 is 12.1 Å². The number of carbonyl (C=O) groups is 1. The van der Waals surface area contributed by atoms with Gasteiger partial charge in [-0.15, -0.1) is 23.1 Å². The summed E-state index contributed by atoms with van der Waals surface area (Å²) in [4.78, 5) is 17.2. The van der Waals surface area contributed by atoms with Gasteiger partial charge in [0, 0.05) is 21.1 Å². The molecule has 0 aliphatic carbocycles. The largest absolute Gasteiger partial charge is 0.479 e. The summed E-state index contributed by atoms with van der Waals surface area (Å²) >= 11 is 2.77. The van der Waals surface area contributed by atoms with Crippen LogP contribution in [0.5, 0.6) is 5.75 Å². The Morgan fingerprint density at radius 3 is 2.56 bits per heavy atom. The minimum absolute atomic E-state index is 0.286. The molecule has 0 spiro atoms. The maximum absolute atomic E-state index is 13.9. The second-order valence-corrected chi connectivity index (χ2v) is 9.17. The molecule has 0 bridgehead atoms. The molecule has 0 aliphatic heterocycles. The minimum Gasteiger partial charge on any atom is -0.479 e. The van der Waals surface area contributed by atoms with E-state index in [1.54, 1.807) is 13.0 Å². The summed E-state index contributed by atoms with van der Waals surface area (Å²) in [5, 5.41) is 9.48. The fourth-order valence-corrected chi connectivity index (χ4v) is 4.88. The molecule has 1 aromatic heterocycles. The summed E-state index contributed by atoms with van der Waals surface area (Å²) < 4.78 is 57.8. The van der Waals surface area contributed by atoms with Crippen molar-refractivity contribution in [1.29, 1.82) is 0 Å². The van der Waals surface area contributed by atoms with Gasteiger partial charge in [0.2, 0.25) is 0 Å². The second kappa shape index (κ2) is 9.50. The molecule has 1 atom stereocenters. The standard InChI is InChI=1S/C22H19F4NO3S2/c1-11-4-6-15(9-18(11)30-13(3)21(28)29)31-10-19-12(2)27-20(32-19)14-5-7-16(17(23)8-14)22(24,25)26/h4-9,13H,10H2,1-3H3,(H,28,29). The molecule has 0 saturated carbocycles. The lowest BCUT2D eigenvalue weighted by Gasteiger charge is -2.13. The van der Waals surface area contributed by atoms with E-state index in [-0.39, 0.29) is 5.56 Å². The molecule has 170 valence electrons. The van der Waals surface area contributed by atoms with Crippen LogP contribution in [-0.4, -0.2) is 22.2 Å². The van der Waals surface area contributed by atoms with E-state index >= 15 is 0 Å². The van der Waals surface area contributed by atoms with E-state index in [4.69, 9.17) is 9.84 Å². The van der Waals surface area contributed by atoms with Crippen LogP contribution in [0.1, 0.15) is 28.6 Å². The highest BCUT2D eigenvalue weighted by Crippen LogP contribution is 2.37. The molecule has 0 radical (unpaired) electrons. The first-order valence-corrected chi connectivity index (χ1v) is 11.2. The first-order valence-electron chi connectivity index (χ1n) is 9.42. The summed E-state index contributed by atoms with van der Waals surface area (Å²) in [6, 6.07) is 8.28. The Hall–Kier alpha value is -2.59. The van der Waals surface area contributed by atoms with Crippen LogP contribution in [0, 0.1) is 19.7 Å².